The molecule has 0 saturated heterocycles. The highest BCUT2D eigenvalue weighted by Crippen LogP contribution is 2.11. The van der Waals surface area contributed by atoms with Crippen LogP contribution in [0.15, 0.2) is 30.3 Å². The Labute approximate surface area is 102 Å². The summed E-state index contributed by atoms with van der Waals surface area (Å²) in [5, 5.41) is 8.84. The molecule has 96 valence electrons. The zero-order valence-electron chi connectivity index (χ0n) is 9.24. The maximum absolute atomic E-state index is 11.2. The highest BCUT2D eigenvalue weighted by atomic mass is 16.6. The topological polar surface area (TPSA) is 116 Å². The Hall–Kier alpha value is -2.25. The molecule has 0 aliphatic heterocycles. The van der Waals surface area contributed by atoms with Crippen molar-refractivity contribution in [2.75, 3.05) is 0 Å². The van der Waals surface area contributed by atoms with Crippen molar-refractivity contribution in [1.29, 1.82) is 0 Å². The number of ether oxygens (including phenoxy) is 2. The van der Waals surface area contributed by atoms with E-state index < -0.39 is 17.7 Å². The van der Waals surface area contributed by atoms with Crippen LogP contribution < -0.4 is 5.73 Å². The number of carbonyl (C=O) groups excluding carboxylic acids is 2. The van der Waals surface area contributed by atoms with Crippen LogP contribution in [-0.4, -0.2) is 29.2 Å². The quantitative estimate of drug-likeness (QED) is 0.308. The number of carboxylic acid groups (broad SMARTS) is 1. The lowest BCUT2D eigenvalue weighted by atomic mass is 10.2. The molecule has 0 heterocycles. The van der Waals surface area contributed by atoms with Crippen LogP contribution in [0.5, 0.6) is 0 Å². The Morgan fingerprint density at radius 3 is 2.44 bits per heavy atom. The van der Waals surface area contributed by atoms with Crippen molar-refractivity contribution in [2.45, 2.75) is 12.3 Å². The molecular weight excluding hydrogens is 242 g/mol. The first kappa shape index (κ1) is 13.8. The third kappa shape index (κ3) is 3.12. The van der Waals surface area contributed by atoms with Gasteiger partial charge in [-0.1, -0.05) is 30.3 Å². The molecule has 0 amide bonds. The summed E-state index contributed by atoms with van der Waals surface area (Å²) in [6.45, 7) is -0.420. The maximum atomic E-state index is 11.2. The average Bonchev–Trinajstić information content (AvgIpc) is 2.37. The molecule has 18 heavy (non-hydrogen) atoms. The summed E-state index contributed by atoms with van der Waals surface area (Å²) >= 11 is 0. The van der Waals surface area contributed by atoms with E-state index in [0.717, 1.165) is 0 Å². The summed E-state index contributed by atoms with van der Waals surface area (Å²) in [7, 11) is 0. The van der Waals surface area contributed by atoms with Crippen molar-refractivity contribution in [3.8, 4) is 0 Å². The Bertz CT molecular complexity index is 446. The van der Waals surface area contributed by atoms with Crippen molar-refractivity contribution in [2.24, 2.45) is 5.73 Å². The van der Waals surface area contributed by atoms with Crippen LogP contribution in [0.3, 0.4) is 0 Å². The lowest BCUT2D eigenvalue weighted by Crippen LogP contribution is -2.57. The number of carbonyl (C=O) groups is 3. The smallest absolute Gasteiger partial charge is 0.373 e. The summed E-state index contributed by atoms with van der Waals surface area (Å²) in [4.78, 5) is 32.1. The second kappa shape index (κ2) is 5.89. The van der Waals surface area contributed by atoms with E-state index in [9.17, 15) is 14.4 Å². The number of nitrogens with two attached hydrogens (primary N) is 1. The van der Waals surface area contributed by atoms with Gasteiger partial charge in [-0.2, -0.15) is 0 Å². The molecule has 1 atom stereocenters. The van der Waals surface area contributed by atoms with Gasteiger partial charge < -0.3 is 14.6 Å². The van der Waals surface area contributed by atoms with Crippen LogP contribution in [0.25, 0.3) is 0 Å². The predicted molar refractivity (Wildman–Crippen MR) is 57.9 cm³/mol. The van der Waals surface area contributed by atoms with Gasteiger partial charge in [-0.25, -0.2) is 9.59 Å². The minimum absolute atomic E-state index is 0.210. The van der Waals surface area contributed by atoms with Crippen LogP contribution in [0.2, 0.25) is 0 Å². The van der Waals surface area contributed by atoms with Crippen molar-refractivity contribution in [3.63, 3.8) is 0 Å². The number of hydrogen-bond donors (Lipinski definition) is 2. The van der Waals surface area contributed by atoms with Gasteiger partial charge in [0.1, 0.15) is 0 Å². The number of aliphatic carboxylic acids is 1. The molecule has 1 rings (SSSR count). The van der Waals surface area contributed by atoms with Crippen LogP contribution in [0.1, 0.15) is 5.56 Å². The van der Waals surface area contributed by atoms with Gasteiger partial charge in [0, 0.05) is 0 Å². The second-order valence-electron chi connectivity index (χ2n) is 3.32. The Kier molecular flexibility index (Phi) is 4.52. The molecule has 0 spiro atoms. The van der Waals surface area contributed by atoms with Gasteiger partial charge in [0.05, 0.1) is 6.61 Å². The van der Waals surface area contributed by atoms with Gasteiger partial charge in [-0.3, -0.25) is 10.5 Å². The Balaban J connectivity index is 2.78. The molecule has 0 saturated carbocycles. The minimum Gasteiger partial charge on any atom is -0.478 e. The standard InChI is InChI=1S/C11H11NO6/c12-11(9(14)15,10(16)17-7-13)18-6-8-4-2-1-3-5-8/h1-5,7H,6,12H2,(H,14,15). The fraction of sp³-hybridized carbons (Fsp3) is 0.182. The Morgan fingerprint density at radius 1 is 1.33 bits per heavy atom. The molecule has 1 unspecified atom stereocenters. The van der Waals surface area contributed by atoms with E-state index in [4.69, 9.17) is 15.6 Å². The van der Waals surface area contributed by atoms with Crippen LogP contribution in [0.4, 0.5) is 0 Å². The number of esters is 1. The number of rotatable bonds is 6. The van der Waals surface area contributed by atoms with Crippen LogP contribution >= 0.6 is 0 Å². The van der Waals surface area contributed by atoms with E-state index in [1.165, 1.54) is 0 Å². The Morgan fingerprint density at radius 2 is 1.94 bits per heavy atom. The molecule has 0 aliphatic carbocycles. The summed E-state index contributed by atoms with van der Waals surface area (Å²) < 4.78 is 8.74. The summed E-state index contributed by atoms with van der Waals surface area (Å²) in [6.07, 6.45) is 0. The second-order valence-corrected chi connectivity index (χ2v) is 3.32. The number of carboxylic acids is 1. The minimum atomic E-state index is -2.71. The first-order valence-electron chi connectivity index (χ1n) is 4.85. The largest absolute Gasteiger partial charge is 0.478 e. The van der Waals surface area contributed by atoms with E-state index in [-0.39, 0.29) is 13.1 Å². The lowest BCUT2D eigenvalue weighted by molar-refractivity contribution is -0.188. The third-order valence-electron chi connectivity index (χ3n) is 2.09. The summed E-state index contributed by atoms with van der Waals surface area (Å²) in [6, 6.07) is 8.50. The van der Waals surface area contributed by atoms with Crippen molar-refractivity contribution < 1.29 is 29.0 Å². The maximum Gasteiger partial charge on any atom is 0.373 e. The number of hydrogen-bond acceptors (Lipinski definition) is 6. The molecule has 0 bridgehead atoms. The first-order chi connectivity index (χ1) is 8.50. The fourth-order valence-electron chi connectivity index (χ4n) is 1.11. The fourth-order valence-corrected chi connectivity index (χ4v) is 1.11. The van der Waals surface area contributed by atoms with Gasteiger partial charge in [0.2, 0.25) is 0 Å². The number of benzene rings is 1. The lowest BCUT2D eigenvalue weighted by Gasteiger charge is -2.21. The average molecular weight is 253 g/mol. The highest BCUT2D eigenvalue weighted by molar-refractivity contribution is 6.03. The third-order valence-corrected chi connectivity index (χ3v) is 2.09. The van der Waals surface area contributed by atoms with Crippen LogP contribution in [0, 0.1) is 0 Å². The van der Waals surface area contributed by atoms with Gasteiger partial charge in [0.25, 0.3) is 0 Å². The van der Waals surface area contributed by atoms with Crippen molar-refractivity contribution in [1.82, 2.24) is 0 Å². The zero-order valence-corrected chi connectivity index (χ0v) is 9.24. The molecule has 7 heteroatoms. The normalized spacial score (nSPS) is 13.4. The molecule has 0 aliphatic rings. The monoisotopic (exact) mass is 253 g/mol. The van der Waals surface area contributed by atoms with E-state index >= 15 is 0 Å². The predicted octanol–water partition coefficient (Wildman–Crippen LogP) is -0.358. The molecule has 0 aromatic heterocycles. The molecule has 1 aromatic rings. The van der Waals surface area contributed by atoms with Crippen LogP contribution in [-0.2, 0) is 30.5 Å². The van der Waals surface area contributed by atoms with Gasteiger partial charge >= 0.3 is 24.1 Å². The SMILES string of the molecule is NC(OCc1ccccc1)(C(=O)O)C(=O)OC=O. The molecule has 0 fully saturated rings. The van der Waals surface area contributed by atoms with Gasteiger partial charge in [0.15, 0.2) is 0 Å². The van der Waals surface area contributed by atoms with Gasteiger partial charge in [-0.05, 0) is 5.56 Å². The highest BCUT2D eigenvalue weighted by Gasteiger charge is 2.46. The summed E-state index contributed by atoms with van der Waals surface area (Å²) in [5.41, 5.74) is 3.17. The van der Waals surface area contributed by atoms with Gasteiger partial charge in [-0.15, -0.1) is 0 Å². The van der Waals surface area contributed by atoms with Crippen molar-refractivity contribution >= 4 is 18.4 Å². The molecule has 3 N–H and O–H groups in total. The summed E-state index contributed by atoms with van der Waals surface area (Å²) in [5.74, 6) is -3.23. The first-order valence-corrected chi connectivity index (χ1v) is 4.85. The molecule has 7 nitrogen and oxygen atoms in total. The van der Waals surface area contributed by atoms with E-state index in [1.54, 1.807) is 30.3 Å². The van der Waals surface area contributed by atoms with E-state index in [2.05, 4.69) is 4.74 Å². The molecule has 0 radical (unpaired) electrons. The molecule has 1 aromatic carbocycles. The van der Waals surface area contributed by atoms with E-state index in [0.29, 0.717) is 5.56 Å². The molecular formula is C11H11NO6. The zero-order chi connectivity index (χ0) is 13.6. The van der Waals surface area contributed by atoms with Crippen molar-refractivity contribution in [3.05, 3.63) is 35.9 Å². The van der Waals surface area contributed by atoms with E-state index in [1.807, 2.05) is 0 Å².